The van der Waals surface area contributed by atoms with Gasteiger partial charge in [-0.25, -0.2) is 9.13 Å². The van der Waals surface area contributed by atoms with Crippen LogP contribution in [0.4, 0.5) is 0 Å². The third-order valence-electron chi connectivity index (χ3n) is 22.2. The van der Waals surface area contributed by atoms with E-state index in [4.69, 9.17) is 37.0 Å². The van der Waals surface area contributed by atoms with Gasteiger partial charge in [-0.15, -0.1) is 0 Å². The molecule has 0 heterocycles. The van der Waals surface area contributed by atoms with Gasteiger partial charge in [-0.2, -0.15) is 0 Å². The average Bonchev–Trinajstić information content (AvgIpc) is 0.898. The van der Waals surface area contributed by atoms with Crippen LogP contribution >= 0.6 is 15.6 Å². The highest BCUT2D eigenvalue weighted by Gasteiger charge is 2.31. The predicted molar refractivity (Wildman–Crippen MR) is 464 cm³/mol. The molecule has 0 aromatic rings. The molecule has 0 fully saturated rings. The summed E-state index contributed by atoms with van der Waals surface area (Å²) in [6.07, 6.45) is 73.8. The third-order valence-corrected chi connectivity index (χ3v) is 24.1. The van der Waals surface area contributed by atoms with Crippen LogP contribution in [-0.2, 0) is 65.4 Å². The highest BCUT2D eigenvalue weighted by atomic mass is 31.2. The highest BCUT2D eigenvalue weighted by Crippen LogP contribution is 2.45. The van der Waals surface area contributed by atoms with Crippen molar-refractivity contribution in [2.24, 2.45) is 23.7 Å². The number of phosphoric ester groups is 2. The largest absolute Gasteiger partial charge is 0.472 e. The Morgan fingerprint density at radius 2 is 0.429 bits per heavy atom. The van der Waals surface area contributed by atoms with Gasteiger partial charge in [0, 0.05) is 25.7 Å². The van der Waals surface area contributed by atoms with E-state index in [9.17, 15) is 43.2 Å². The molecule has 0 saturated carbocycles. The fourth-order valence-corrected chi connectivity index (χ4v) is 16.1. The van der Waals surface area contributed by atoms with Gasteiger partial charge >= 0.3 is 39.5 Å². The van der Waals surface area contributed by atoms with Crippen LogP contribution in [0, 0.1) is 23.7 Å². The van der Waals surface area contributed by atoms with Crippen molar-refractivity contribution < 1.29 is 80.2 Å². The van der Waals surface area contributed by atoms with E-state index in [1.54, 1.807) is 0 Å². The summed E-state index contributed by atoms with van der Waals surface area (Å²) in [7, 11) is -9.94. The fourth-order valence-electron chi connectivity index (χ4n) is 14.5. The van der Waals surface area contributed by atoms with Gasteiger partial charge in [0.2, 0.25) is 0 Å². The maximum Gasteiger partial charge on any atom is 0.472 e. The maximum atomic E-state index is 13.2. The zero-order chi connectivity index (χ0) is 82.3. The van der Waals surface area contributed by atoms with Crippen LogP contribution in [0.15, 0.2) is 0 Å². The third kappa shape index (κ3) is 84.5. The molecular weight excluding hydrogens is 1450 g/mol. The van der Waals surface area contributed by atoms with E-state index >= 15 is 0 Å². The lowest BCUT2D eigenvalue weighted by molar-refractivity contribution is -0.161. The quantitative estimate of drug-likeness (QED) is 0.0222. The molecule has 0 aliphatic heterocycles. The standard InChI is InChI=1S/C93H182O17P2/c1-9-86(8)72-64-56-48-40-34-28-22-15-11-13-17-24-30-36-42-50-59-67-75-92(97)109-88(79-103-90(95)73-65-57-49-41-35-29-23-16-12-10-14-20-26-32-38-45-53-61-69-83(2)3)81-107-111(99,100)105-77-87(94)78-106-112(101,102)108-82-89(80-104-91(96)74-66-58-52-44-47-55-63-71-85(6)7)110-93(98)76-68-60-51-43-37-31-25-19-18-21-27-33-39-46-54-62-70-84(4)5/h83-89,94H,9-82H2,1-8H3,(H,99,100)(H,101,102)/t86?,87?,88-,89-/m1/s1. The van der Waals surface area contributed by atoms with Crippen molar-refractivity contribution >= 4 is 39.5 Å². The molecule has 0 bridgehead atoms. The van der Waals surface area contributed by atoms with Crippen molar-refractivity contribution in [1.29, 1.82) is 0 Å². The number of esters is 4. The van der Waals surface area contributed by atoms with Crippen LogP contribution in [0.1, 0.15) is 492 Å². The van der Waals surface area contributed by atoms with Crippen LogP contribution in [-0.4, -0.2) is 96.7 Å². The Morgan fingerprint density at radius 1 is 0.250 bits per heavy atom. The molecular formula is C93H182O17P2. The monoisotopic (exact) mass is 1630 g/mol. The van der Waals surface area contributed by atoms with E-state index in [0.717, 1.165) is 114 Å². The molecule has 0 aliphatic rings. The minimum Gasteiger partial charge on any atom is -0.462 e. The fraction of sp³-hybridized carbons (Fsp3) is 0.957. The number of rotatable bonds is 90. The van der Waals surface area contributed by atoms with Gasteiger partial charge in [0.1, 0.15) is 19.3 Å². The lowest BCUT2D eigenvalue weighted by atomic mass is 9.99. The first kappa shape index (κ1) is 110. The van der Waals surface area contributed by atoms with Crippen LogP contribution < -0.4 is 0 Å². The first-order chi connectivity index (χ1) is 54.1. The molecule has 0 aromatic heterocycles. The Balaban J connectivity index is 5.22. The number of unbranched alkanes of at least 4 members (excludes halogenated alkanes) is 55. The molecule has 0 aromatic carbocycles. The number of ether oxygens (including phenoxy) is 4. The van der Waals surface area contributed by atoms with Gasteiger partial charge in [-0.3, -0.25) is 37.3 Å². The van der Waals surface area contributed by atoms with Gasteiger partial charge in [0.05, 0.1) is 26.4 Å². The van der Waals surface area contributed by atoms with Gasteiger partial charge in [-0.1, -0.05) is 441 Å². The number of phosphoric acid groups is 2. The summed E-state index contributed by atoms with van der Waals surface area (Å²) in [5.74, 6) is 1.11. The molecule has 0 rings (SSSR count). The van der Waals surface area contributed by atoms with Gasteiger partial charge < -0.3 is 33.8 Å². The summed E-state index contributed by atoms with van der Waals surface area (Å²) in [4.78, 5) is 73.4. The van der Waals surface area contributed by atoms with Crippen LogP contribution in [0.25, 0.3) is 0 Å². The summed E-state index contributed by atoms with van der Waals surface area (Å²) in [5.41, 5.74) is 0. The van der Waals surface area contributed by atoms with Crippen LogP contribution in [0.2, 0.25) is 0 Å². The highest BCUT2D eigenvalue weighted by molar-refractivity contribution is 7.47. The second-order valence-electron chi connectivity index (χ2n) is 35.1. The Labute approximate surface area is 689 Å². The van der Waals surface area contributed by atoms with E-state index in [1.165, 1.54) is 289 Å². The first-order valence-electron chi connectivity index (χ1n) is 47.7. The summed E-state index contributed by atoms with van der Waals surface area (Å²) in [6, 6.07) is 0. The molecule has 19 heteroatoms. The van der Waals surface area contributed by atoms with Crippen molar-refractivity contribution in [1.82, 2.24) is 0 Å². The molecule has 3 N–H and O–H groups in total. The topological polar surface area (TPSA) is 237 Å². The van der Waals surface area contributed by atoms with Gasteiger partial charge in [0.15, 0.2) is 12.2 Å². The van der Waals surface area contributed by atoms with Crippen LogP contribution in [0.5, 0.6) is 0 Å². The molecule has 0 aliphatic carbocycles. The molecule has 0 amide bonds. The number of carbonyl (C=O) groups is 4. The van der Waals surface area contributed by atoms with E-state index in [-0.39, 0.29) is 25.7 Å². The second-order valence-corrected chi connectivity index (χ2v) is 38.0. The number of aliphatic hydroxyl groups is 1. The first-order valence-corrected chi connectivity index (χ1v) is 50.7. The van der Waals surface area contributed by atoms with Gasteiger partial charge in [-0.05, 0) is 49.4 Å². The Bertz CT molecular complexity index is 2170. The summed E-state index contributed by atoms with van der Waals surface area (Å²) in [5, 5.41) is 10.7. The van der Waals surface area contributed by atoms with E-state index < -0.39 is 97.5 Å². The molecule has 17 nitrogen and oxygen atoms in total. The van der Waals surface area contributed by atoms with Gasteiger partial charge in [0.25, 0.3) is 0 Å². The maximum absolute atomic E-state index is 13.2. The minimum atomic E-state index is -4.97. The number of aliphatic hydroxyl groups excluding tert-OH is 1. The predicted octanol–water partition coefficient (Wildman–Crippen LogP) is 28.7. The van der Waals surface area contributed by atoms with E-state index in [1.807, 2.05) is 0 Å². The lowest BCUT2D eigenvalue weighted by Crippen LogP contribution is -2.30. The SMILES string of the molecule is CCC(C)CCCCCCCCCCCCCCCCCCCCC(=O)O[C@H](COC(=O)CCCCCCCCCCCCCCCCCCCCC(C)C)COP(=O)(O)OCC(O)COP(=O)(O)OC[C@@H](COC(=O)CCCCCCCCCC(C)C)OC(=O)CCCCCCCCCCCCCCCCCCC(C)C. The van der Waals surface area contributed by atoms with E-state index in [2.05, 4.69) is 55.4 Å². The average molecular weight is 1630 g/mol. The molecule has 0 spiro atoms. The molecule has 0 radical (unpaired) electrons. The Hall–Kier alpha value is -1.94. The second kappa shape index (κ2) is 81.4. The molecule has 6 atom stereocenters. The number of carbonyl (C=O) groups excluding carboxylic acids is 4. The summed E-state index contributed by atoms with van der Waals surface area (Å²) >= 11 is 0. The zero-order valence-corrected chi connectivity index (χ0v) is 76.1. The molecule has 0 saturated heterocycles. The van der Waals surface area contributed by atoms with E-state index in [0.29, 0.717) is 31.6 Å². The zero-order valence-electron chi connectivity index (χ0n) is 74.3. The molecule has 4 unspecified atom stereocenters. The summed E-state index contributed by atoms with van der Waals surface area (Å²) in [6.45, 7) is 14.4. The normalized spacial score (nSPS) is 14.1. The van der Waals surface area contributed by atoms with Crippen molar-refractivity contribution in [2.75, 3.05) is 39.6 Å². The minimum absolute atomic E-state index is 0.107. The number of hydrogen-bond donors (Lipinski definition) is 3. The summed E-state index contributed by atoms with van der Waals surface area (Å²) < 4.78 is 69.1. The lowest BCUT2D eigenvalue weighted by Gasteiger charge is -2.21. The van der Waals surface area contributed by atoms with Crippen molar-refractivity contribution in [3.63, 3.8) is 0 Å². The van der Waals surface area contributed by atoms with Crippen molar-refractivity contribution in [3.8, 4) is 0 Å². The smallest absolute Gasteiger partial charge is 0.462 e. The number of hydrogen-bond acceptors (Lipinski definition) is 15. The molecule has 666 valence electrons. The van der Waals surface area contributed by atoms with Crippen molar-refractivity contribution in [2.45, 2.75) is 510 Å². The Kier molecular flexibility index (Phi) is 80.0. The van der Waals surface area contributed by atoms with Crippen LogP contribution in [0.3, 0.4) is 0 Å². The molecule has 112 heavy (non-hydrogen) atoms. The Morgan fingerprint density at radius 3 is 0.634 bits per heavy atom. The van der Waals surface area contributed by atoms with Crippen molar-refractivity contribution in [3.05, 3.63) is 0 Å².